The fraction of sp³-hybridized carbons (Fsp3) is 0.750. The summed E-state index contributed by atoms with van der Waals surface area (Å²) in [6.07, 6.45) is 0. The molecule has 0 amide bonds. The van der Waals surface area contributed by atoms with E-state index >= 15 is 0 Å². The molecule has 6 heavy (non-hydrogen) atoms. The Hall–Kier alpha value is 2.22. The van der Waals surface area contributed by atoms with Crippen LogP contribution in [0.1, 0.15) is 22.3 Å². The topological polar surface area (TPSA) is 0 Å². The fourth-order valence-electron chi connectivity index (χ4n) is 0. The van der Waals surface area contributed by atoms with Gasteiger partial charge >= 0.3 is 51.4 Å². The van der Waals surface area contributed by atoms with Gasteiger partial charge in [0.05, 0.1) is 0 Å². The Morgan fingerprint density at radius 3 is 0.667 bits per heavy atom. The van der Waals surface area contributed by atoms with Gasteiger partial charge in [0.1, 0.15) is 0 Å². The van der Waals surface area contributed by atoms with Crippen molar-refractivity contribution in [2.45, 2.75) is 22.3 Å². The normalized spacial score (nSPS) is 0. The molecule has 0 aliphatic heterocycles. The molecule has 0 fully saturated rings. The average molecular weight is 153 g/mol. The van der Waals surface area contributed by atoms with Crippen LogP contribution in [0.4, 0.5) is 0 Å². The molecule has 0 nitrogen and oxygen atoms in total. The molecule has 0 spiro atoms. The van der Waals surface area contributed by atoms with Crippen molar-refractivity contribution in [3.63, 3.8) is 0 Å². The Morgan fingerprint density at radius 2 is 0.667 bits per heavy atom. The van der Waals surface area contributed by atoms with E-state index < -0.39 is 0 Å². The van der Waals surface area contributed by atoms with Crippen LogP contribution in [0.25, 0.3) is 0 Å². The Kier molecular flexibility index (Phi) is 821. The van der Waals surface area contributed by atoms with E-state index in [1.54, 1.807) is 0 Å². The van der Waals surface area contributed by atoms with E-state index in [0.717, 1.165) is 0 Å². The van der Waals surface area contributed by atoms with Gasteiger partial charge in [0.25, 0.3) is 0 Å². The van der Waals surface area contributed by atoms with Gasteiger partial charge in [-0.3, -0.25) is 0 Å². The molecule has 0 rings (SSSR count). The maximum absolute atomic E-state index is 0. The van der Waals surface area contributed by atoms with Gasteiger partial charge in [-0.2, -0.15) is 0 Å². The second-order valence-electron chi connectivity index (χ2n) is 0. The molecule has 0 unspecified atom stereocenters. The Bertz CT molecular complexity index is 7.51. The second kappa shape index (κ2) is 56.7. The molecule has 0 heterocycles. The smallest absolute Gasteiger partial charge is 0.358 e. The summed E-state index contributed by atoms with van der Waals surface area (Å²) in [6, 6.07) is 0. The van der Waals surface area contributed by atoms with E-state index in [1.807, 2.05) is 0 Å². The largest absolute Gasteiger partial charge is 1.00 e. The average Bonchev–Trinajstić information content (AvgIpc) is 0. The third-order valence-corrected chi connectivity index (χ3v) is 0. The molecule has 37 valence electrons. The summed E-state index contributed by atoms with van der Waals surface area (Å²) in [7, 11) is 0. The number of hydrogen-bond donors (Lipinski definition) is 0. The van der Waals surface area contributed by atoms with Crippen LogP contribution < -0.4 is 51.4 Å². The van der Waals surface area contributed by atoms with Crippen molar-refractivity contribution in [3.05, 3.63) is 7.43 Å². The minimum atomic E-state index is 0. The van der Waals surface area contributed by atoms with E-state index in [9.17, 15) is 0 Å². The maximum Gasteiger partial charge on any atom is 1.00 e. The van der Waals surface area contributed by atoms with Crippen LogP contribution >= 0.6 is 0 Å². The molecular formula is C4H15KV. The maximum atomic E-state index is 0. The second-order valence-corrected chi connectivity index (χ2v) is 0. The standard InChI is InChI=1S/3CH4.CH3.K.V/h3*1H4;1H3;;/q;;;-1;+1;. The Morgan fingerprint density at radius 1 is 0.667 bits per heavy atom. The van der Waals surface area contributed by atoms with Crippen molar-refractivity contribution in [1.29, 1.82) is 0 Å². The summed E-state index contributed by atoms with van der Waals surface area (Å²) < 4.78 is 0. The van der Waals surface area contributed by atoms with E-state index in [1.165, 1.54) is 0 Å². The summed E-state index contributed by atoms with van der Waals surface area (Å²) in [5.41, 5.74) is 0. The molecule has 0 bridgehead atoms. The van der Waals surface area contributed by atoms with Crippen LogP contribution in [0, 0.1) is 7.43 Å². The first-order chi connectivity index (χ1) is 0. The van der Waals surface area contributed by atoms with Gasteiger partial charge in [-0.15, -0.1) is 0 Å². The molecule has 0 N–H and O–H groups in total. The molecule has 2 heteroatoms. The summed E-state index contributed by atoms with van der Waals surface area (Å²) in [6.45, 7) is 0. The molecule has 0 aliphatic carbocycles. The first kappa shape index (κ1) is 86.9. The SMILES string of the molecule is C.C.C.[CH3-].[K+].[V]. The molecular weight excluding hydrogens is 138 g/mol. The summed E-state index contributed by atoms with van der Waals surface area (Å²) >= 11 is 0. The molecule has 0 aromatic carbocycles. The molecule has 1 radical (unpaired) electrons. The first-order valence-corrected chi connectivity index (χ1v) is 0. The van der Waals surface area contributed by atoms with E-state index in [2.05, 4.69) is 0 Å². The third-order valence-electron chi connectivity index (χ3n) is 0. The quantitative estimate of drug-likeness (QED) is 0.321. The molecule has 0 aromatic heterocycles. The van der Waals surface area contributed by atoms with Gasteiger partial charge in [0.15, 0.2) is 0 Å². The van der Waals surface area contributed by atoms with Gasteiger partial charge in [-0.1, -0.05) is 22.3 Å². The van der Waals surface area contributed by atoms with Gasteiger partial charge in [0, 0.05) is 18.6 Å². The predicted octanol–water partition coefficient (Wildman–Crippen LogP) is -0.640. The van der Waals surface area contributed by atoms with Crippen molar-refractivity contribution < 1.29 is 69.9 Å². The molecule has 0 aliphatic rings. The number of hydrogen-bond acceptors (Lipinski definition) is 0. The minimum Gasteiger partial charge on any atom is -0.358 e. The van der Waals surface area contributed by atoms with Crippen LogP contribution in [0.2, 0.25) is 0 Å². The Balaban J connectivity index is 0. The minimum absolute atomic E-state index is 0. The zero-order chi connectivity index (χ0) is 0. The molecule has 0 saturated heterocycles. The molecule has 0 atom stereocenters. The van der Waals surface area contributed by atoms with Crippen molar-refractivity contribution >= 4 is 0 Å². The number of rotatable bonds is 0. The van der Waals surface area contributed by atoms with Gasteiger partial charge in [-0.25, -0.2) is 0 Å². The van der Waals surface area contributed by atoms with Crippen LogP contribution in [0.15, 0.2) is 0 Å². The van der Waals surface area contributed by atoms with Crippen molar-refractivity contribution in [2.75, 3.05) is 0 Å². The summed E-state index contributed by atoms with van der Waals surface area (Å²) in [4.78, 5) is 0. The summed E-state index contributed by atoms with van der Waals surface area (Å²) in [5.74, 6) is 0. The molecule has 0 aromatic rings. The van der Waals surface area contributed by atoms with Crippen LogP contribution in [0.5, 0.6) is 0 Å². The zero-order valence-corrected chi connectivity index (χ0v) is 6.97. The third kappa shape index (κ3) is 34.4. The Labute approximate surface area is 97.8 Å². The van der Waals surface area contributed by atoms with Crippen LogP contribution in [0.3, 0.4) is 0 Å². The first-order valence-electron chi connectivity index (χ1n) is 0. The van der Waals surface area contributed by atoms with Gasteiger partial charge < -0.3 is 7.43 Å². The van der Waals surface area contributed by atoms with Gasteiger partial charge in [-0.05, 0) is 0 Å². The van der Waals surface area contributed by atoms with Crippen molar-refractivity contribution in [3.8, 4) is 0 Å². The zero-order valence-electron chi connectivity index (χ0n) is 2.45. The van der Waals surface area contributed by atoms with Crippen LogP contribution in [-0.2, 0) is 18.6 Å². The fourth-order valence-corrected chi connectivity index (χ4v) is 0. The van der Waals surface area contributed by atoms with Crippen molar-refractivity contribution in [1.82, 2.24) is 0 Å². The van der Waals surface area contributed by atoms with E-state index in [4.69, 9.17) is 0 Å². The summed E-state index contributed by atoms with van der Waals surface area (Å²) in [5, 5.41) is 0. The van der Waals surface area contributed by atoms with Crippen LogP contribution in [-0.4, -0.2) is 0 Å². The molecule has 0 saturated carbocycles. The van der Waals surface area contributed by atoms with Gasteiger partial charge in [0.2, 0.25) is 0 Å². The predicted molar refractivity (Wildman–Crippen MR) is 26.6 cm³/mol. The monoisotopic (exact) mass is 153 g/mol. The van der Waals surface area contributed by atoms with Crippen molar-refractivity contribution in [2.24, 2.45) is 0 Å². The van der Waals surface area contributed by atoms with E-state index in [0.29, 0.717) is 0 Å². The van der Waals surface area contributed by atoms with E-state index in [-0.39, 0.29) is 99.6 Å².